The second-order valence-corrected chi connectivity index (χ2v) is 4.92. The summed E-state index contributed by atoms with van der Waals surface area (Å²) in [6.07, 6.45) is 3.54. The SMILES string of the molecule is Cn1cc(/C=N\NC(=O)c2ccc(F)cc2)c2ccccc21. The molecule has 1 amide bonds. The first kappa shape index (κ1) is 14.0. The number of fused-ring (bicyclic) bond motifs is 1. The summed E-state index contributed by atoms with van der Waals surface area (Å²) in [7, 11) is 1.96. The molecular formula is C17H14FN3O. The van der Waals surface area contributed by atoms with E-state index in [0.29, 0.717) is 5.56 Å². The number of nitrogens with zero attached hydrogens (tertiary/aromatic N) is 2. The Morgan fingerprint density at radius 1 is 1.18 bits per heavy atom. The number of hydrogen-bond donors (Lipinski definition) is 1. The van der Waals surface area contributed by atoms with Crippen molar-refractivity contribution in [3.05, 3.63) is 71.7 Å². The van der Waals surface area contributed by atoms with E-state index in [2.05, 4.69) is 10.5 Å². The van der Waals surface area contributed by atoms with Gasteiger partial charge in [-0.1, -0.05) is 18.2 Å². The van der Waals surface area contributed by atoms with Gasteiger partial charge in [-0.05, 0) is 30.3 Å². The summed E-state index contributed by atoms with van der Waals surface area (Å²) in [6, 6.07) is 13.3. The molecule has 0 saturated carbocycles. The van der Waals surface area contributed by atoms with Gasteiger partial charge in [-0.3, -0.25) is 4.79 Å². The largest absolute Gasteiger partial charge is 0.350 e. The van der Waals surface area contributed by atoms with Crippen LogP contribution in [-0.2, 0) is 7.05 Å². The minimum absolute atomic E-state index is 0.358. The number of carbonyl (C=O) groups is 1. The van der Waals surface area contributed by atoms with Gasteiger partial charge in [0.25, 0.3) is 5.91 Å². The van der Waals surface area contributed by atoms with Crippen molar-refractivity contribution < 1.29 is 9.18 Å². The van der Waals surface area contributed by atoms with Crippen LogP contribution in [0.25, 0.3) is 10.9 Å². The van der Waals surface area contributed by atoms with Crippen molar-refractivity contribution >= 4 is 23.0 Å². The van der Waals surface area contributed by atoms with Crippen LogP contribution in [-0.4, -0.2) is 16.7 Å². The van der Waals surface area contributed by atoms with E-state index < -0.39 is 0 Å². The van der Waals surface area contributed by atoms with Crippen LogP contribution < -0.4 is 5.43 Å². The van der Waals surface area contributed by atoms with Gasteiger partial charge in [0, 0.05) is 35.3 Å². The molecule has 0 radical (unpaired) electrons. The average molecular weight is 295 g/mol. The van der Waals surface area contributed by atoms with Gasteiger partial charge in [-0.2, -0.15) is 5.10 Å². The molecule has 0 spiro atoms. The lowest BCUT2D eigenvalue weighted by Gasteiger charge is -1.99. The standard InChI is InChI=1S/C17H14FN3O/c1-21-11-13(15-4-2-3-5-16(15)21)10-19-20-17(22)12-6-8-14(18)9-7-12/h2-11H,1H3,(H,20,22)/b19-10-. The zero-order valence-corrected chi connectivity index (χ0v) is 12.0. The van der Waals surface area contributed by atoms with E-state index >= 15 is 0 Å². The second-order valence-electron chi connectivity index (χ2n) is 4.92. The topological polar surface area (TPSA) is 46.4 Å². The second kappa shape index (κ2) is 5.81. The molecule has 22 heavy (non-hydrogen) atoms. The molecule has 3 aromatic rings. The van der Waals surface area contributed by atoms with E-state index in [1.54, 1.807) is 6.21 Å². The molecule has 0 aliphatic carbocycles. The fraction of sp³-hybridized carbons (Fsp3) is 0.0588. The van der Waals surface area contributed by atoms with Crippen molar-refractivity contribution in [2.75, 3.05) is 0 Å². The number of benzene rings is 2. The summed E-state index contributed by atoms with van der Waals surface area (Å²) in [5, 5.41) is 5.03. The molecule has 0 fully saturated rings. The van der Waals surface area contributed by atoms with Gasteiger partial charge in [-0.25, -0.2) is 9.82 Å². The van der Waals surface area contributed by atoms with Crippen molar-refractivity contribution in [1.29, 1.82) is 0 Å². The molecule has 1 aromatic heterocycles. The summed E-state index contributed by atoms with van der Waals surface area (Å²) >= 11 is 0. The number of aryl methyl sites for hydroxylation is 1. The molecule has 0 bridgehead atoms. The maximum atomic E-state index is 12.8. The van der Waals surface area contributed by atoms with E-state index in [0.717, 1.165) is 16.5 Å². The highest BCUT2D eigenvalue weighted by molar-refractivity contribution is 6.00. The van der Waals surface area contributed by atoms with Gasteiger partial charge in [0.1, 0.15) is 5.82 Å². The summed E-state index contributed by atoms with van der Waals surface area (Å²) in [5.74, 6) is -0.757. The van der Waals surface area contributed by atoms with Crippen LogP contribution in [0.5, 0.6) is 0 Å². The Balaban J connectivity index is 1.76. The molecule has 0 aliphatic heterocycles. The number of hydrazone groups is 1. The van der Waals surface area contributed by atoms with Crippen LogP contribution in [0.2, 0.25) is 0 Å². The molecule has 110 valence electrons. The van der Waals surface area contributed by atoms with Crippen LogP contribution in [0.4, 0.5) is 4.39 Å². The van der Waals surface area contributed by atoms with E-state index in [1.807, 2.05) is 42.1 Å². The van der Waals surface area contributed by atoms with Gasteiger partial charge >= 0.3 is 0 Å². The number of halogens is 1. The van der Waals surface area contributed by atoms with Gasteiger partial charge < -0.3 is 4.57 Å². The average Bonchev–Trinajstić information content (AvgIpc) is 2.85. The maximum absolute atomic E-state index is 12.8. The first-order chi connectivity index (χ1) is 10.6. The highest BCUT2D eigenvalue weighted by Crippen LogP contribution is 2.18. The Labute approximate surface area is 126 Å². The predicted molar refractivity (Wildman–Crippen MR) is 84.4 cm³/mol. The lowest BCUT2D eigenvalue weighted by Crippen LogP contribution is -2.17. The lowest BCUT2D eigenvalue weighted by molar-refractivity contribution is 0.0955. The zero-order valence-electron chi connectivity index (χ0n) is 12.0. The molecule has 0 atom stereocenters. The minimum Gasteiger partial charge on any atom is -0.350 e. The van der Waals surface area contributed by atoms with E-state index in [-0.39, 0.29) is 11.7 Å². The third-order valence-corrected chi connectivity index (χ3v) is 3.40. The van der Waals surface area contributed by atoms with E-state index in [9.17, 15) is 9.18 Å². The van der Waals surface area contributed by atoms with Gasteiger partial charge in [0.05, 0.1) is 6.21 Å². The normalized spacial score (nSPS) is 11.2. The van der Waals surface area contributed by atoms with Crippen LogP contribution >= 0.6 is 0 Å². The molecule has 1 N–H and O–H groups in total. The van der Waals surface area contributed by atoms with Crippen LogP contribution in [0.15, 0.2) is 59.8 Å². The predicted octanol–water partition coefficient (Wildman–Crippen LogP) is 3.08. The number of rotatable bonds is 3. The van der Waals surface area contributed by atoms with Crippen LogP contribution in [0.1, 0.15) is 15.9 Å². The fourth-order valence-corrected chi connectivity index (χ4v) is 2.30. The third kappa shape index (κ3) is 2.74. The molecule has 0 unspecified atom stereocenters. The van der Waals surface area contributed by atoms with Crippen molar-refractivity contribution in [2.45, 2.75) is 0 Å². The van der Waals surface area contributed by atoms with Gasteiger partial charge in [0.15, 0.2) is 0 Å². The highest BCUT2D eigenvalue weighted by Gasteiger charge is 2.05. The molecular weight excluding hydrogens is 281 g/mol. The monoisotopic (exact) mass is 295 g/mol. The molecule has 3 rings (SSSR count). The third-order valence-electron chi connectivity index (χ3n) is 3.40. The van der Waals surface area contributed by atoms with Crippen LogP contribution in [0, 0.1) is 5.82 Å². The van der Waals surface area contributed by atoms with Gasteiger partial charge in [0.2, 0.25) is 0 Å². The molecule has 5 heteroatoms. The first-order valence-electron chi connectivity index (χ1n) is 6.78. The Kier molecular flexibility index (Phi) is 3.70. The molecule has 0 saturated heterocycles. The smallest absolute Gasteiger partial charge is 0.271 e. The number of nitrogens with one attached hydrogen (secondary N) is 1. The minimum atomic E-state index is -0.379. The van der Waals surface area contributed by atoms with Gasteiger partial charge in [-0.15, -0.1) is 0 Å². The Morgan fingerprint density at radius 3 is 2.68 bits per heavy atom. The highest BCUT2D eigenvalue weighted by atomic mass is 19.1. The molecule has 4 nitrogen and oxygen atoms in total. The van der Waals surface area contributed by atoms with E-state index in [1.165, 1.54) is 24.3 Å². The van der Waals surface area contributed by atoms with Crippen molar-refractivity contribution in [2.24, 2.45) is 12.1 Å². The maximum Gasteiger partial charge on any atom is 0.271 e. The number of amides is 1. The fourth-order valence-electron chi connectivity index (χ4n) is 2.30. The number of aromatic nitrogens is 1. The Bertz CT molecular complexity index is 850. The Hall–Kier alpha value is -2.95. The Morgan fingerprint density at radius 2 is 1.91 bits per heavy atom. The number of para-hydroxylation sites is 1. The molecule has 2 aromatic carbocycles. The summed E-state index contributed by atoms with van der Waals surface area (Å²) < 4.78 is 14.8. The molecule has 0 aliphatic rings. The van der Waals surface area contributed by atoms with Crippen LogP contribution in [0.3, 0.4) is 0 Å². The number of hydrogen-bond acceptors (Lipinski definition) is 2. The summed E-state index contributed by atoms with van der Waals surface area (Å²) in [6.45, 7) is 0. The lowest BCUT2D eigenvalue weighted by atomic mass is 10.2. The zero-order chi connectivity index (χ0) is 15.5. The summed E-state index contributed by atoms with van der Waals surface area (Å²) in [5.41, 5.74) is 4.80. The van der Waals surface area contributed by atoms with Crippen molar-refractivity contribution in [3.8, 4) is 0 Å². The molecule has 1 heterocycles. The van der Waals surface area contributed by atoms with Crippen molar-refractivity contribution in [3.63, 3.8) is 0 Å². The number of carbonyl (C=O) groups excluding carboxylic acids is 1. The quantitative estimate of drug-likeness (QED) is 0.586. The van der Waals surface area contributed by atoms with Crippen molar-refractivity contribution in [1.82, 2.24) is 9.99 Å². The first-order valence-corrected chi connectivity index (χ1v) is 6.78. The summed E-state index contributed by atoms with van der Waals surface area (Å²) in [4.78, 5) is 11.9. The van der Waals surface area contributed by atoms with E-state index in [4.69, 9.17) is 0 Å².